The van der Waals surface area contributed by atoms with E-state index >= 15 is 0 Å². The van der Waals surface area contributed by atoms with Crippen molar-refractivity contribution in [3.05, 3.63) is 35.0 Å². The van der Waals surface area contributed by atoms with Gasteiger partial charge in [0.1, 0.15) is 22.5 Å². The van der Waals surface area contributed by atoms with Gasteiger partial charge in [-0.3, -0.25) is 4.79 Å². The highest BCUT2D eigenvalue weighted by molar-refractivity contribution is 7.19. The molecule has 32 heavy (non-hydrogen) atoms. The highest BCUT2D eigenvalue weighted by Gasteiger charge is 2.32. The molecule has 1 aliphatic carbocycles. The Kier molecular flexibility index (Phi) is 5.00. The van der Waals surface area contributed by atoms with Crippen molar-refractivity contribution in [1.82, 2.24) is 29.4 Å². The van der Waals surface area contributed by atoms with Crippen molar-refractivity contribution >= 4 is 60.7 Å². The molecule has 1 aromatic carbocycles. The molecule has 1 aliphatic heterocycles. The number of thiophene rings is 1. The lowest BCUT2D eigenvalue weighted by atomic mass is 9.86. The van der Waals surface area contributed by atoms with Crippen LogP contribution in [-0.4, -0.2) is 68.5 Å². The van der Waals surface area contributed by atoms with Gasteiger partial charge < -0.3 is 15.1 Å². The molecule has 0 saturated carbocycles. The van der Waals surface area contributed by atoms with Gasteiger partial charge in [0.05, 0.1) is 10.1 Å². The van der Waals surface area contributed by atoms with E-state index in [2.05, 4.69) is 47.8 Å². The van der Waals surface area contributed by atoms with Crippen molar-refractivity contribution in [2.24, 2.45) is 5.92 Å². The molecular weight excluding hydrogens is 442 g/mol. The third-order valence-electron chi connectivity index (χ3n) is 6.52. The van der Waals surface area contributed by atoms with Gasteiger partial charge in [-0.2, -0.15) is 0 Å². The predicted molar refractivity (Wildman–Crippen MR) is 128 cm³/mol. The Morgan fingerprint density at radius 3 is 2.94 bits per heavy atom. The van der Waals surface area contributed by atoms with Crippen LogP contribution in [0.25, 0.3) is 20.4 Å². The second kappa shape index (κ2) is 8.02. The molecule has 1 saturated heterocycles. The number of nitrogens with one attached hydrogen (secondary N) is 1. The summed E-state index contributed by atoms with van der Waals surface area (Å²) in [6, 6.07) is 6.02. The third kappa shape index (κ3) is 3.52. The molecule has 1 fully saturated rings. The Bertz CT molecular complexity index is 1310. The minimum atomic E-state index is 0.0737. The normalized spacial score (nSPS) is 19.4. The molecule has 164 valence electrons. The summed E-state index contributed by atoms with van der Waals surface area (Å²) in [7, 11) is 2.12. The number of piperazine rings is 1. The smallest absolute Gasteiger partial charge is 0.226 e. The maximum Gasteiger partial charge on any atom is 0.226 e. The number of hydrogen-bond donors (Lipinski definition) is 1. The van der Waals surface area contributed by atoms with E-state index in [0.717, 1.165) is 77.4 Å². The number of benzene rings is 1. The van der Waals surface area contributed by atoms with E-state index in [1.54, 1.807) is 17.7 Å². The number of rotatable bonds is 3. The second-order valence-electron chi connectivity index (χ2n) is 8.55. The molecule has 1 amide bonds. The highest BCUT2D eigenvalue weighted by atomic mass is 32.1. The molecule has 8 nitrogen and oxygen atoms in total. The van der Waals surface area contributed by atoms with E-state index in [-0.39, 0.29) is 5.92 Å². The van der Waals surface area contributed by atoms with E-state index in [9.17, 15) is 4.79 Å². The Balaban J connectivity index is 1.27. The van der Waals surface area contributed by atoms with Gasteiger partial charge in [0.2, 0.25) is 5.91 Å². The number of nitrogens with zero attached hydrogens (tertiary/aromatic N) is 6. The molecular formula is C22H23N7OS2. The zero-order valence-corrected chi connectivity index (χ0v) is 19.4. The van der Waals surface area contributed by atoms with Crippen LogP contribution in [0.2, 0.25) is 0 Å². The summed E-state index contributed by atoms with van der Waals surface area (Å²) in [6.07, 6.45) is 4.20. The molecule has 0 spiro atoms. The number of hydrogen-bond acceptors (Lipinski definition) is 9. The van der Waals surface area contributed by atoms with Gasteiger partial charge in [0, 0.05) is 42.7 Å². The largest absolute Gasteiger partial charge is 0.340 e. The average molecular weight is 466 g/mol. The van der Waals surface area contributed by atoms with Crippen LogP contribution < -0.4 is 5.32 Å². The van der Waals surface area contributed by atoms with Crippen LogP contribution in [0, 0.1) is 5.92 Å². The van der Waals surface area contributed by atoms with E-state index in [1.807, 2.05) is 12.1 Å². The molecule has 4 heterocycles. The molecule has 4 aromatic rings. The van der Waals surface area contributed by atoms with Crippen LogP contribution in [0.5, 0.6) is 0 Å². The summed E-state index contributed by atoms with van der Waals surface area (Å²) >= 11 is 3.09. The van der Waals surface area contributed by atoms with E-state index < -0.39 is 0 Å². The fourth-order valence-corrected chi connectivity index (χ4v) is 6.56. The minimum absolute atomic E-state index is 0.0737. The summed E-state index contributed by atoms with van der Waals surface area (Å²) in [5.74, 6) is 1.22. The molecule has 1 atom stereocenters. The lowest BCUT2D eigenvalue weighted by Gasteiger charge is -2.35. The van der Waals surface area contributed by atoms with Crippen LogP contribution in [0.4, 0.5) is 11.5 Å². The van der Waals surface area contributed by atoms with Crippen molar-refractivity contribution < 1.29 is 4.79 Å². The van der Waals surface area contributed by atoms with Gasteiger partial charge in [0.25, 0.3) is 0 Å². The topological polar surface area (TPSA) is 87.1 Å². The molecule has 3 aromatic heterocycles. The van der Waals surface area contributed by atoms with Crippen LogP contribution in [0.15, 0.2) is 24.5 Å². The van der Waals surface area contributed by atoms with Crippen molar-refractivity contribution in [2.45, 2.75) is 19.3 Å². The third-order valence-corrected chi connectivity index (χ3v) is 8.37. The van der Waals surface area contributed by atoms with Crippen molar-refractivity contribution in [1.29, 1.82) is 0 Å². The van der Waals surface area contributed by atoms with Crippen LogP contribution in [0.3, 0.4) is 0 Å². The maximum absolute atomic E-state index is 13.1. The van der Waals surface area contributed by atoms with Gasteiger partial charge >= 0.3 is 0 Å². The molecule has 6 rings (SSSR count). The average Bonchev–Trinajstić information content (AvgIpc) is 3.43. The van der Waals surface area contributed by atoms with Crippen LogP contribution >= 0.6 is 22.9 Å². The first-order valence-electron chi connectivity index (χ1n) is 10.9. The van der Waals surface area contributed by atoms with Gasteiger partial charge in [-0.25, -0.2) is 9.97 Å². The van der Waals surface area contributed by atoms with E-state index in [0.29, 0.717) is 5.91 Å². The standard InChI is InChI=1S/C22H23N7OS2/c1-28-6-8-29(9-7-28)22(30)13-2-4-15-17(10-13)31-21-19(15)20(23-12-24-21)25-14-3-5-16-18(11-14)32-27-26-16/h3,5,11-13H,2,4,6-10H2,1H3,(H,23,24,25)/t13-/m0/s1. The van der Waals surface area contributed by atoms with Gasteiger partial charge in [-0.15, -0.1) is 16.4 Å². The highest BCUT2D eigenvalue weighted by Crippen LogP contribution is 2.41. The Morgan fingerprint density at radius 1 is 1.19 bits per heavy atom. The minimum Gasteiger partial charge on any atom is -0.340 e. The lowest BCUT2D eigenvalue weighted by Crippen LogP contribution is -2.49. The summed E-state index contributed by atoms with van der Waals surface area (Å²) in [6.45, 7) is 3.59. The molecule has 0 unspecified atom stereocenters. The monoisotopic (exact) mass is 465 g/mol. The van der Waals surface area contributed by atoms with Gasteiger partial charge in [-0.05, 0) is 61.6 Å². The van der Waals surface area contributed by atoms with Gasteiger partial charge in [-0.1, -0.05) is 4.49 Å². The van der Waals surface area contributed by atoms with Crippen LogP contribution in [0.1, 0.15) is 16.9 Å². The number of carbonyl (C=O) groups is 1. The van der Waals surface area contributed by atoms with Gasteiger partial charge in [0.15, 0.2) is 0 Å². The SMILES string of the molecule is CN1CCN(C(=O)[C@H]2CCc3c(sc4ncnc(Nc5ccc6nnsc6c5)c34)C2)CC1. The molecule has 0 bridgehead atoms. The molecule has 10 heteroatoms. The summed E-state index contributed by atoms with van der Waals surface area (Å²) < 4.78 is 5.05. The quantitative estimate of drug-likeness (QED) is 0.497. The molecule has 0 radical (unpaired) electrons. The number of aryl methyl sites for hydroxylation is 1. The fourth-order valence-electron chi connectivity index (χ4n) is 4.69. The van der Waals surface area contributed by atoms with Crippen molar-refractivity contribution in [3.63, 3.8) is 0 Å². The Morgan fingerprint density at radius 2 is 2.06 bits per heavy atom. The zero-order chi connectivity index (χ0) is 21.7. The van der Waals surface area contributed by atoms with E-state index in [4.69, 9.17) is 0 Å². The lowest BCUT2D eigenvalue weighted by molar-refractivity contribution is -0.137. The predicted octanol–water partition coefficient (Wildman–Crippen LogP) is 3.32. The summed E-state index contributed by atoms with van der Waals surface area (Å²) in [4.78, 5) is 28.9. The number of carbonyl (C=O) groups excluding carboxylic acids is 1. The summed E-state index contributed by atoms with van der Waals surface area (Å²) in [5, 5.41) is 8.69. The second-order valence-corrected chi connectivity index (χ2v) is 10.4. The zero-order valence-electron chi connectivity index (χ0n) is 17.7. The number of amides is 1. The van der Waals surface area contributed by atoms with Crippen molar-refractivity contribution in [2.75, 3.05) is 38.5 Å². The number of likely N-dealkylation sites (N-methyl/N-ethyl adjacent to an activating group) is 1. The Labute approximate surface area is 193 Å². The Hall–Kier alpha value is -2.69. The van der Waals surface area contributed by atoms with Crippen molar-refractivity contribution in [3.8, 4) is 0 Å². The van der Waals surface area contributed by atoms with Crippen LogP contribution in [-0.2, 0) is 17.6 Å². The number of aromatic nitrogens is 4. The number of anilines is 2. The molecule has 2 aliphatic rings. The van der Waals surface area contributed by atoms with E-state index in [1.165, 1.54) is 22.0 Å². The fraction of sp³-hybridized carbons (Fsp3) is 0.409. The first-order valence-corrected chi connectivity index (χ1v) is 12.5. The maximum atomic E-state index is 13.1. The summed E-state index contributed by atoms with van der Waals surface area (Å²) in [5.41, 5.74) is 3.16. The first kappa shape index (κ1) is 20.0. The molecule has 1 N–H and O–H groups in total. The first-order chi connectivity index (χ1) is 15.7. The number of fused-ring (bicyclic) bond motifs is 4.